The number of amides is 1. The van der Waals surface area contributed by atoms with Crippen molar-refractivity contribution in [3.05, 3.63) is 52.5 Å². The van der Waals surface area contributed by atoms with Gasteiger partial charge in [-0.1, -0.05) is 35.5 Å². The van der Waals surface area contributed by atoms with Gasteiger partial charge < -0.3 is 20.3 Å². The standard InChI is InChI=1S/C23H30ClNO4S/c1-15-6-9-19(27)20(12-15)30-17-8-7-16(18(24)13-17)10-11-23(5,14-26)25-21(28)29-22(2,3)4/h6-9,12-13,26-27H,10-11,14H2,1-5H3,(H,25,28)/t23-/m0/s1. The maximum Gasteiger partial charge on any atom is 0.408 e. The maximum atomic E-state index is 12.1. The Bertz CT molecular complexity index is 897. The molecular weight excluding hydrogens is 422 g/mol. The van der Waals surface area contributed by atoms with E-state index in [-0.39, 0.29) is 12.4 Å². The van der Waals surface area contributed by atoms with Crippen LogP contribution in [0, 0.1) is 6.92 Å². The van der Waals surface area contributed by atoms with Gasteiger partial charge in [-0.05, 0) is 82.9 Å². The predicted octanol–water partition coefficient (Wildman–Crippen LogP) is 5.71. The fourth-order valence-corrected chi connectivity index (χ4v) is 4.09. The van der Waals surface area contributed by atoms with Crippen molar-refractivity contribution in [3.8, 4) is 5.75 Å². The van der Waals surface area contributed by atoms with Crippen molar-refractivity contribution in [2.24, 2.45) is 0 Å². The molecule has 0 saturated carbocycles. The monoisotopic (exact) mass is 451 g/mol. The molecule has 2 rings (SSSR count). The molecule has 0 fully saturated rings. The highest BCUT2D eigenvalue weighted by molar-refractivity contribution is 7.99. The van der Waals surface area contributed by atoms with Crippen LogP contribution >= 0.6 is 23.4 Å². The van der Waals surface area contributed by atoms with Crippen LogP contribution in [-0.2, 0) is 11.2 Å². The van der Waals surface area contributed by atoms with Gasteiger partial charge in [0.25, 0.3) is 0 Å². The number of ether oxygens (including phenoxy) is 1. The van der Waals surface area contributed by atoms with Gasteiger partial charge in [-0.25, -0.2) is 4.79 Å². The summed E-state index contributed by atoms with van der Waals surface area (Å²) in [7, 11) is 0. The van der Waals surface area contributed by atoms with Gasteiger partial charge in [0, 0.05) is 9.92 Å². The van der Waals surface area contributed by atoms with Gasteiger partial charge in [-0.15, -0.1) is 0 Å². The fourth-order valence-electron chi connectivity index (χ4n) is 2.77. The van der Waals surface area contributed by atoms with Crippen LogP contribution in [0.25, 0.3) is 0 Å². The van der Waals surface area contributed by atoms with E-state index in [2.05, 4.69) is 5.32 Å². The third-order valence-electron chi connectivity index (χ3n) is 4.47. The van der Waals surface area contributed by atoms with Gasteiger partial charge in [0.15, 0.2) is 0 Å². The minimum Gasteiger partial charge on any atom is -0.507 e. The van der Waals surface area contributed by atoms with E-state index in [9.17, 15) is 15.0 Å². The number of phenolic OH excluding ortho intramolecular Hbond substituents is 1. The molecular formula is C23H30ClNO4S. The molecule has 2 aromatic rings. The second-order valence-corrected chi connectivity index (χ2v) is 10.2. The lowest BCUT2D eigenvalue weighted by atomic mass is 9.94. The number of halogens is 1. The average molecular weight is 452 g/mol. The number of hydrogen-bond acceptors (Lipinski definition) is 5. The number of aryl methyl sites for hydroxylation is 2. The van der Waals surface area contributed by atoms with E-state index in [1.165, 1.54) is 11.8 Å². The molecule has 1 atom stereocenters. The number of carbonyl (C=O) groups excluding carboxylic acids is 1. The molecule has 5 nitrogen and oxygen atoms in total. The summed E-state index contributed by atoms with van der Waals surface area (Å²) in [6, 6.07) is 11.2. The molecule has 0 aliphatic rings. The van der Waals surface area contributed by atoms with E-state index in [4.69, 9.17) is 16.3 Å². The van der Waals surface area contributed by atoms with Crippen molar-refractivity contribution in [2.75, 3.05) is 6.61 Å². The third-order valence-corrected chi connectivity index (χ3v) is 5.85. The zero-order chi connectivity index (χ0) is 22.5. The highest BCUT2D eigenvalue weighted by atomic mass is 35.5. The number of aliphatic hydroxyl groups is 1. The van der Waals surface area contributed by atoms with Crippen molar-refractivity contribution in [3.63, 3.8) is 0 Å². The molecule has 0 spiro atoms. The molecule has 0 saturated heterocycles. The first kappa shape index (κ1) is 24.4. The summed E-state index contributed by atoms with van der Waals surface area (Å²) in [6.07, 6.45) is 0.509. The van der Waals surface area contributed by atoms with Gasteiger partial charge in [-0.3, -0.25) is 0 Å². The van der Waals surface area contributed by atoms with Crippen molar-refractivity contribution < 1.29 is 19.7 Å². The summed E-state index contributed by atoms with van der Waals surface area (Å²) in [4.78, 5) is 13.8. The number of hydrogen-bond donors (Lipinski definition) is 3. The molecule has 0 radical (unpaired) electrons. The van der Waals surface area contributed by atoms with Crippen LogP contribution < -0.4 is 5.32 Å². The minimum absolute atomic E-state index is 0.218. The van der Waals surface area contributed by atoms with E-state index in [0.29, 0.717) is 17.9 Å². The Morgan fingerprint density at radius 2 is 1.87 bits per heavy atom. The van der Waals surface area contributed by atoms with Crippen LogP contribution in [0.2, 0.25) is 5.02 Å². The molecule has 0 bridgehead atoms. The Labute approximate surface area is 187 Å². The smallest absolute Gasteiger partial charge is 0.408 e. The summed E-state index contributed by atoms with van der Waals surface area (Å²) in [5, 5.41) is 23.2. The SMILES string of the molecule is Cc1ccc(O)c(Sc2ccc(CC[C@@](C)(CO)NC(=O)OC(C)(C)C)c(Cl)c2)c1. The lowest BCUT2D eigenvalue weighted by molar-refractivity contribution is 0.0407. The van der Waals surface area contributed by atoms with Gasteiger partial charge in [0.05, 0.1) is 17.0 Å². The molecule has 0 unspecified atom stereocenters. The number of alkyl carbamates (subject to hydrolysis) is 1. The van der Waals surface area contributed by atoms with Gasteiger partial charge in [0.2, 0.25) is 0 Å². The zero-order valence-corrected chi connectivity index (χ0v) is 19.7. The molecule has 30 heavy (non-hydrogen) atoms. The largest absolute Gasteiger partial charge is 0.507 e. The number of aliphatic hydroxyl groups excluding tert-OH is 1. The van der Waals surface area contributed by atoms with Crippen LogP contribution in [0.5, 0.6) is 5.75 Å². The minimum atomic E-state index is -0.827. The Kier molecular flexibility index (Phi) is 8.08. The summed E-state index contributed by atoms with van der Waals surface area (Å²) in [5.74, 6) is 0.234. The molecule has 0 aliphatic carbocycles. The third kappa shape index (κ3) is 7.42. The van der Waals surface area contributed by atoms with Crippen molar-refractivity contribution in [2.45, 2.75) is 68.4 Å². The van der Waals surface area contributed by atoms with E-state index >= 15 is 0 Å². The zero-order valence-electron chi connectivity index (χ0n) is 18.1. The normalized spacial score (nSPS) is 13.6. The average Bonchev–Trinajstić information content (AvgIpc) is 2.62. The molecule has 2 aromatic carbocycles. The lowest BCUT2D eigenvalue weighted by Gasteiger charge is -2.30. The Hall–Kier alpha value is -1.89. The predicted molar refractivity (Wildman–Crippen MR) is 122 cm³/mol. The lowest BCUT2D eigenvalue weighted by Crippen LogP contribution is -2.50. The Balaban J connectivity index is 2.04. The number of aromatic hydroxyl groups is 1. The first-order chi connectivity index (χ1) is 13.9. The first-order valence-electron chi connectivity index (χ1n) is 9.79. The maximum absolute atomic E-state index is 12.1. The summed E-state index contributed by atoms with van der Waals surface area (Å²) in [5.41, 5.74) is 0.550. The van der Waals surface area contributed by atoms with Gasteiger partial charge in [-0.2, -0.15) is 0 Å². The van der Waals surface area contributed by atoms with Crippen molar-refractivity contribution >= 4 is 29.5 Å². The second kappa shape index (κ2) is 9.94. The van der Waals surface area contributed by atoms with Crippen molar-refractivity contribution in [1.82, 2.24) is 5.32 Å². The van der Waals surface area contributed by atoms with E-state index in [1.807, 2.05) is 37.3 Å². The van der Waals surface area contributed by atoms with Crippen LogP contribution in [0.15, 0.2) is 46.2 Å². The molecule has 0 aliphatic heterocycles. The topological polar surface area (TPSA) is 78.8 Å². The number of carbonyl (C=O) groups is 1. The first-order valence-corrected chi connectivity index (χ1v) is 11.0. The highest BCUT2D eigenvalue weighted by Crippen LogP contribution is 2.36. The number of rotatable bonds is 7. The van der Waals surface area contributed by atoms with Gasteiger partial charge in [0.1, 0.15) is 11.4 Å². The van der Waals surface area contributed by atoms with Crippen LogP contribution in [0.1, 0.15) is 45.2 Å². The Morgan fingerprint density at radius 1 is 1.17 bits per heavy atom. The molecule has 0 heterocycles. The van der Waals surface area contributed by atoms with Crippen molar-refractivity contribution in [1.29, 1.82) is 0 Å². The summed E-state index contributed by atoms with van der Waals surface area (Å²) < 4.78 is 5.29. The number of benzene rings is 2. The molecule has 3 N–H and O–H groups in total. The van der Waals surface area contributed by atoms with Crippen LogP contribution in [0.3, 0.4) is 0 Å². The summed E-state index contributed by atoms with van der Waals surface area (Å²) in [6.45, 7) is 8.90. The highest BCUT2D eigenvalue weighted by Gasteiger charge is 2.28. The molecule has 164 valence electrons. The van der Waals surface area contributed by atoms with Crippen LogP contribution in [-0.4, -0.2) is 34.1 Å². The second-order valence-electron chi connectivity index (χ2n) is 8.67. The van der Waals surface area contributed by atoms with Gasteiger partial charge >= 0.3 is 6.09 Å². The van der Waals surface area contributed by atoms with Crippen LogP contribution in [0.4, 0.5) is 4.79 Å². The summed E-state index contributed by atoms with van der Waals surface area (Å²) >= 11 is 7.93. The van der Waals surface area contributed by atoms with E-state index in [0.717, 1.165) is 20.9 Å². The van der Waals surface area contributed by atoms with E-state index < -0.39 is 17.2 Å². The molecule has 7 heteroatoms. The molecule has 1 amide bonds. The number of phenols is 1. The Morgan fingerprint density at radius 3 is 2.47 bits per heavy atom. The fraction of sp³-hybridized carbons (Fsp3) is 0.435. The number of nitrogens with one attached hydrogen (secondary N) is 1. The quantitative estimate of drug-likeness (QED) is 0.502. The van der Waals surface area contributed by atoms with E-state index in [1.54, 1.807) is 33.8 Å². The molecule has 0 aromatic heterocycles.